The topological polar surface area (TPSA) is 126 Å². The summed E-state index contributed by atoms with van der Waals surface area (Å²) < 4.78 is 15.9. The van der Waals surface area contributed by atoms with Crippen LogP contribution in [0, 0.1) is 5.92 Å². The molecule has 1 aliphatic heterocycles. The van der Waals surface area contributed by atoms with E-state index in [2.05, 4.69) is 0 Å². The molecule has 8 nitrogen and oxygen atoms in total. The van der Waals surface area contributed by atoms with Gasteiger partial charge in [-0.25, -0.2) is 4.79 Å². The fourth-order valence-electron chi connectivity index (χ4n) is 2.51. The largest absolute Gasteiger partial charge is 0.479 e. The number of carbonyl (C=O) groups is 1. The van der Waals surface area contributed by atoms with Crippen LogP contribution in [0.1, 0.15) is 27.2 Å². The molecule has 0 saturated carbocycles. The number of carboxylic acid groups (broad SMARTS) is 1. The minimum absolute atomic E-state index is 0.0402. The van der Waals surface area contributed by atoms with Crippen molar-refractivity contribution in [1.82, 2.24) is 0 Å². The molecule has 0 aromatic carbocycles. The average Bonchev–Trinajstić information content (AvgIpc) is 2.43. The standard InChI is InChI=1S/C14H26O8/c1-7(2)5-14(3,20-4)6-21-13-10(17)8(15)9(16)11(22-13)12(18)19/h7-11,13,15-17H,5-6H2,1-4H3,(H,18,19)/t8?,9-,10-,11?,13?,14?/m0/s1. The molecule has 6 atom stereocenters. The van der Waals surface area contributed by atoms with Gasteiger partial charge in [0.25, 0.3) is 0 Å². The van der Waals surface area contributed by atoms with Gasteiger partial charge < -0.3 is 34.6 Å². The fraction of sp³-hybridized carbons (Fsp3) is 0.929. The quantitative estimate of drug-likeness (QED) is 0.487. The zero-order chi connectivity index (χ0) is 17.1. The van der Waals surface area contributed by atoms with Gasteiger partial charge in [0.15, 0.2) is 12.4 Å². The Bertz CT molecular complexity index is 374. The maximum atomic E-state index is 11.0. The van der Waals surface area contributed by atoms with E-state index in [1.165, 1.54) is 7.11 Å². The van der Waals surface area contributed by atoms with Gasteiger partial charge in [0.2, 0.25) is 0 Å². The van der Waals surface area contributed by atoms with Crippen LogP contribution in [-0.4, -0.2) is 76.4 Å². The van der Waals surface area contributed by atoms with Crippen LogP contribution in [0.2, 0.25) is 0 Å². The number of aliphatic carboxylic acids is 1. The first-order valence-corrected chi connectivity index (χ1v) is 7.20. The molecule has 0 aliphatic carbocycles. The lowest BCUT2D eigenvalue weighted by Gasteiger charge is -2.40. The number of carboxylic acids is 1. The normalized spacial score (nSPS) is 35.4. The Morgan fingerprint density at radius 3 is 2.27 bits per heavy atom. The molecule has 4 unspecified atom stereocenters. The summed E-state index contributed by atoms with van der Waals surface area (Å²) in [6, 6.07) is 0. The maximum absolute atomic E-state index is 11.0. The lowest BCUT2D eigenvalue weighted by Crippen LogP contribution is -2.60. The molecule has 1 saturated heterocycles. The number of hydrogen-bond acceptors (Lipinski definition) is 7. The number of hydrogen-bond donors (Lipinski definition) is 4. The predicted molar refractivity (Wildman–Crippen MR) is 75.1 cm³/mol. The number of aliphatic hydroxyl groups excluding tert-OH is 3. The molecule has 4 N–H and O–H groups in total. The van der Waals surface area contributed by atoms with E-state index in [1.807, 2.05) is 20.8 Å². The Morgan fingerprint density at radius 2 is 1.82 bits per heavy atom. The minimum Gasteiger partial charge on any atom is -0.479 e. The first kappa shape index (κ1) is 19.3. The molecule has 1 fully saturated rings. The molecule has 22 heavy (non-hydrogen) atoms. The van der Waals surface area contributed by atoms with Gasteiger partial charge in [0.1, 0.15) is 18.3 Å². The summed E-state index contributed by atoms with van der Waals surface area (Å²) in [4.78, 5) is 11.0. The SMILES string of the molecule is COC(C)(COC1OC(C(=O)O)[C@@H](O)C(O)[C@@H]1O)CC(C)C. The molecule has 0 bridgehead atoms. The van der Waals surface area contributed by atoms with Crippen LogP contribution in [0.25, 0.3) is 0 Å². The van der Waals surface area contributed by atoms with Crippen molar-refractivity contribution in [3.63, 3.8) is 0 Å². The molecular formula is C14H26O8. The zero-order valence-corrected chi connectivity index (χ0v) is 13.3. The van der Waals surface area contributed by atoms with Gasteiger partial charge in [0, 0.05) is 7.11 Å². The van der Waals surface area contributed by atoms with E-state index < -0.39 is 42.3 Å². The summed E-state index contributed by atoms with van der Waals surface area (Å²) in [5, 5.41) is 38.1. The van der Waals surface area contributed by atoms with Crippen LogP contribution < -0.4 is 0 Å². The van der Waals surface area contributed by atoms with E-state index in [9.17, 15) is 20.1 Å². The van der Waals surface area contributed by atoms with E-state index in [1.54, 1.807) is 0 Å². The van der Waals surface area contributed by atoms with Crippen molar-refractivity contribution >= 4 is 5.97 Å². The summed E-state index contributed by atoms with van der Waals surface area (Å²) in [6.07, 6.45) is -7.29. The molecule has 8 heteroatoms. The molecule has 0 aromatic rings. The molecule has 0 aromatic heterocycles. The number of rotatable bonds is 7. The van der Waals surface area contributed by atoms with Gasteiger partial charge in [-0.3, -0.25) is 0 Å². The van der Waals surface area contributed by atoms with E-state index >= 15 is 0 Å². The molecule has 1 aliphatic rings. The summed E-state index contributed by atoms with van der Waals surface area (Å²) in [6.45, 7) is 5.90. The van der Waals surface area contributed by atoms with Gasteiger partial charge in [-0.15, -0.1) is 0 Å². The van der Waals surface area contributed by atoms with Crippen molar-refractivity contribution in [2.45, 2.75) is 63.5 Å². The van der Waals surface area contributed by atoms with Gasteiger partial charge in [-0.05, 0) is 19.3 Å². The molecule has 1 rings (SSSR count). The average molecular weight is 322 g/mol. The molecule has 0 spiro atoms. The van der Waals surface area contributed by atoms with Crippen molar-refractivity contribution in [1.29, 1.82) is 0 Å². The highest BCUT2D eigenvalue weighted by Gasteiger charge is 2.48. The third kappa shape index (κ3) is 4.61. The highest BCUT2D eigenvalue weighted by Crippen LogP contribution is 2.26. The molecular weight excluding hydrogens is 296 g/mol. The predicted octanol–water partition coefficient (Wildman–Crippen LogP) is -0.654. The Balaban J connectivity index is 2.72. The summed E-state index contributed by atoms with van der Waals surface area (Å²) in [7, 11) is 1.53. The van der Waals surface area contributed by atoms with E-state index in [4.69, 9.17) is 19.3 Å². The monoisotopic (exact) mass is 322 g/mol. The Labute approximate surface area is 129 Å². The zero-order valence-electron chi connectivity index (χ0n) is 13.3. The van der Waals surface area contributed by atoms with Crippen LogP contribution in [0.5, 0.6) is 0 Å². The van der Waals surface area contributed by atoms with Crippen molar-refractivity contribution in [3.05, 3.63) is 0 Å². The van der Waals surface area contributed by atoms with Crippen LogP contribution in [0.4, 0.5) is 0 Å². The van der Waals surface area contributed by atoms with Gasteiger partial charge in [-0.2, -0.15) is 0 Å². The van der Waals surface area contributed by atoms with Crippen molar-refractivity contribution in [2.75, 3.05) is 13.7 Å². The molecule has 130 valence electrons. The second-order valence-corrected chi connectivity index (χ2v) is 6.30. The number of methoxy groups -OCH3 is 1. The minimum atomic E-state index is -1.73. The van der Waals surface area contributed by atoms with Crippen LogP contribution in [0.3, 0.4) is 0 Å². The van der Waals surface area contributed by atoms with E-state index in [-0.39, 0.29) is 6.61 Å². The smallest absolute Gasteiger partial charge is 0.335 e. The molecule has 1 heterocycles. The highest BCUT2D eigenvalue weighted by atomic mass is 16.7. The van der Waals surface area contributed by atoms with E-state index in [0.717, 1.165) is 0 Å². The van der Waals surface area contributed by atoms with Gasteiger partial charge in [-0.1, -0.05) is 13.8 Å². The number of ether oxygens (including phenoxy) is 3. The Morgan fingerprint density at radius 1 is 1.23 bits per heavy atom. The van der Waals surface area contributed by atoms with Gasteiger partial charge >= 0.3 is 5.97 Å². The third-order valence-electron chi connectivity index (χ3n) is 3.70. The lowest BCUT2D eigenvalue weighted by molar-refractivity contribution is -0.302. The maximum Gasteiger partial charge on any atom is 0.335 e. The summed E-state index contributed by atoms with van der Waals surface area (Å²) >= 11 is 0. The second-order valence-electron chi connectivity index (χ2n) is 6.30. The first-order chi connectivity index (χ1) is 10.1. The summed E-state index contributed by atoms with van der Waals surface area (Å²) in [5.41, 5.74) is -0.642. The van der Waals surface area contributed by atoms with Crippen molar-refractivity contribution < 1.29 is 39.4 Å². The number of aliphatic hydroxyl groups is 3. The Kier molecular flexibility index (Phi) is 6.72. The summed E-state index contributed by atoms with van der Waals surface area (Å²) in [5.74, 6) is -1.10. The van der Waals surface area contributed by atoms with Crippen LogP contribution in [-0.2, 0) is 19.0 Å². The van der Waals surface area contributed by atoms with Crippen LogP contribution in [0.15, 0.2) is 0 Å². The highest BCUT2D eigenvalue weighted by molar-refractivity contribution is 5.73. The molecule has 0 radical (unpaired) electrons. The van der Waals surface area contributed by atoms with Crippen LogP contribution >= 0.6 is 0 Å². The Hall–Kier alpha value is -0.770. The molecule has 0 amide bonds. The third-order valence-corrected chi connectivity index (χ3v) is 3.70. The second kappa shape index (κ2) is 7.67. The lowest BCUT2D eigenvalue weighted by atomic mass is 9.94. The van der Waals surface area contributed by atoms with Crippen molar-refractivity contribution in [2.24, 2.45) is 5.92 Å². The van der Waals surface area contributed by atoms with Crippen molar-refractivity contribution in [3.8, 4) is 0 Å². The fourth-order valence-corrected chi connectivity index (χ4v) is 2.51. The van der Waals surface area contributed by atoms with Gasteiger partial charge in [0.05, 0.1) is 12.2 Å². The first-order valence-electron chi connectivity index (χ1n) is 7.20. The van der Waals surface area contributed by atoms with E-state index in [0.29, 0.717) is 12.3 Å².